The quantitative estimate of drug-likeness (QED) is 0.780. The van der Waals surface area contributed by atoms with E-state index in [1.807, 2.05) is 0 Å². The third kappa shape index (κ3) is 2.71. The monoisotopic (exact) mass is 361 g/mol. The first kappa shape index (κ1) is 17.6. The highest BCUT2D eigenvalue weighted by Crippen LogP contribution is 2.47. The van der Waals surface area contributed by atoms with Gasteiger partial charge in [0, 0.05) is 23.5 Å². The van der Waals surface area contributed by atoms with Crippen molar-refractivity contribution in [1.29, 1.82) is 0 Å². The average molecular weight is 361 g/mol. The van der Waals surface area contributed by atoms with Crippen LogP contribution < -0.4 is 19.5 Å². The SMILES string of the molecule is COC(=O)c1[nH]nc2c1C(c1ccc(OC)c(OC)c1OC)CC(=O)N2. The molecular formula is C17H19N3O6. The van der Waals surface area contributed by atoms with Gasteiger partial charge in [0.2, 0.25) is 11.7 Å². The highest BCUT2D eigenvalue weighted by atomic mass is 16.5. The molecule has 1 aromatic carbocycles. The fraction of sp³-hybridized carbons (Fsp3) is 0.353. The lowest BCUT2D eigenvalue weighted by Gasteiger charge is -2.25. The van der Waals surface area contributed by atoms with Crippen molar-refractivity contribution in [2.24, 2.45) is 0 Å². The predicted molar refractivity (Wildman–Crippen MR) is 91.1 cm³/mol. The van der Waals surface area contributed by atoms with Gasteiger partial charge >= 0.3 is 5.97 Å². The molecule has 3 rings (SSSR count). The van der Waals surface area contributed by atoms with Crippen LogP contribution in [0, 0.1) is 0 Å². The van der Waals surface area contributed by atoms with E-state index < -0.39 is 11.9 Å². The second-order valence-corrected chi connectivity index (χ2v) is 5.58. The smallest absolute Gasteiger partial charge is 0.356 e. The second-order valence-electron chi connectivity index (χ2n) is 5.58. The van der Waals surface area contributed by atoms with Crippen molar-refractivity contribution in [2.75, 3.05) is 33.8 Å². The van der Waals surface area contributed by atoms with Gasteiger partial charge in [-0.1, -0.05) is 6.07 Å². The van der Waals surface area contributed by atoms with E-state index in [-0.39, 0.29) is 18.0 Å². The molecule has 0 spiro atoms. The zero-order valence-electron chi connectivity index (χ0n) is 14.8. The molecule has 0 fully saturated rings. The third-order valence-electron chi connectivity index (χ3n) is 4.30. The molecule has 1 atom stereocenters. The van der Waals surface area contributed by atoms with E-state index in [0.29, 0.717) is 34.2 Å². The van der Waals surface area contributed by atoms with Gasteiger partial charge in [-0.15, -0.1) is 0 Å². The standard InChI is InChI=1S/C17H19N3O6/c1-23-10-6-5-8(14(24-2)15(10)25-3)9-7-11(21)18-16-12(9)13(19-20-16)17(22)26-4/h5-6,9H,7H2,1-4H3,(H2,18,19,20,21). The molecule has 9 nitrogen and oxygen atoms in total. The maximum absolute atomic E-state index is 12.2. The molecule has 0 aliphatic carbocycles. The number of ether oxygens (including phenoxy) is 4. The van der Waals surface area contributed by atoms with Crippen LogP contribution in [0.2, 0.25) is 0 Å². The lowest BCUT2D eigenvalue weighted by molar-refractivity contribution is -0.116. The molecule has 9 heteroatoms. The molecule has 1 amide bonds. The van der Waals surface area contributed by atoms with Gasteiger partial charge in [0.15, 0.2) is 17.3 Å². The van der Waals surface area contributed by atoms with E-state index in [2.05, 4.69) is 15.5 Å². The molecule has 2 N–H and O–H groups in total. The Kier molecular flexibility index (Phi) is 4.70. The van der Waals surface area contributed by atoms with E-state index in [4.69, 9.17) is 18.9 Å². The number of hydrogen-bond acceptors (Lipinski definition) is 7. The molecule has 1 aliphatic heterocycles. The number of aromatic amines is 1. The Bertz CT molecular complexity index is 860. The van der Waals surface area contributed by atoms with Crippen molar-refractivity contribution < 1.29 is 28.5 Å². The van der Waals surface area contributed by atoms with Crippen LogP contribution >= 0.6 is 0 Å². The highest BCUT2D eigenvalue weighted by molar-refractivity contribution is 5.99. The number of aromatic nitrogens is 2. The van der Waals surface area contributed by atoms with E-state index in [9.17, 15) is 9.59 Å². The van der Waals surface area contributed by atoms with Crippen LogP contribution in [0.15, 0.2) is 12.1 Å². The minimum atomic E-state index is -0.570. The normalized spacial score (nSPS) is 15.7. The number of carbonyl (C=O) groups excluding carboxylic acids is 2. The van der Waals surface area contributed by atoms with Crippen molar-refractivity contribution in [3.05, 3.63) is 29.0 Å². The van der Waals surface area contributed by atoms with Crippen molar-refractivity contribution in [2.45, 2.75) is 12.3 Å². The molecule has 0 bridgehead atoms. The molecule has 1 aromatic heterocycles. The van der Waals surface area contributed by atoms with Crippen LogP contribution in [-0.4, -0.2) is 50.5 Å². The van der Waals surface area contributed by atoms with Crippen LogP contribution in [0.4, 0.5) is 5.82 Å². The van der Waals surface area contributed by atoms with Gasteiger partial charge in [0.25, 0.3) is 0 Å². The number of hydrogen-bond donors (Lipinski definition) is 2. The summed E-state index contributed by atoms with van der Waals surface area (Å²) < 4.78 is 21.1. The number of benzene rings is 1. The maximum atomic E-state index is 12.2. The molecular weight excluding hydrogens is 342 g/mol. The van der Waals surface area contributed by atoms with Gasteiger partial charge in [-0.2, -0.15) is 5.10 Å². The first-order valence-corrected chi connectivity index (χ1v) is 7.80. The van der Waals surface area contributed by atoms with Crippen LogP contribution in [0.25, 0.3) is 0 Å². The van der Waals surface area contributed by atoms with E-state index in [1.54, 1.807) is 12.1 Å². The zero-order chi connectivity index (χ0) is 18.8. The average Bonchev–Trinajstić information content (AvgIpc) is 3.08. The molecule has 2 heterocycles. The van der Waals surface area contributed by atoms with Gasteiger partial charge in [-0.3, -0.25) is 9.89 Å². The third-order valence-corrected chi connectivity index (χ3v) is 4.30. The van der Waals surface area contributed by atoms with Crippen molar-refractivity contribution in [1.82, 2.24) is 10.2 Å². The fourth-order valence-electron chi connectivity index (χ4n) is 3.18. The number of esters is 1. The molecule has 0 saturated carbocycles. The zero-order valence-corrected chi connectivity index (χ0v) is 14.8. The number of H-pyrrole nitrogens is 1. The van der Waals surface area contributed by atoms with Gasteiger partial charge in [-0.25, -0.2) is 4.79 Å². The number of nitrogens with zero attached hydrogens (tertiary/aromatic N) is 1. The van der Waals surface area contributed by atoms with Gasteiger partial charge < -0.3 is 24.3 Å². The minimum absolute atomic E-state index is 0.113. The number of nitrogens with one attached hydrogen (secondary N) is 2. The summed E-state index contributed by atoms with van der Waals surface area (Å²) in [5, 5.41) is 9.33. The Morgan fingerprint density at radius 2 is 1.85 bits per heavy atom. The van der Waals surface area contributed by atoms with Crippen LogP contribution in [0.3, 0.4) is 0 Å². The lowest BCUT2D eigenvalue weighted by Crippen LogP contribution is -2.25. The number of anilines is 1. The Hall–Kier alpha value is -3.23. The summed E-state index contributed by atoms with van der Waals surface area (Å²) in [5.41, 5.74) is 1.40. The van der Waals surface area contributed by atoms with Gasteiger partial charge in [0.05, 0.1) is 28.4 Å². The first-order chi connectivity index (χ1) is 12.5. The summed E-state index contributed by atoms with van der Waals surface area (Å²) >= 11 is 0. The summed E-state index contributed by atoms with van der Waals surface area (Å²) in [6, 6.07) is 3.50. The number of rotatable bonds is 5. The molecule has 1 unspecified atom stereocenters. The molecule has 26 heavy (non-hydrogen) atoms. The van der Waals surface area contributed by atoms with Crippen LogP contribution in [0.1, 0.15) is 34.0 Å². The topological polar surface area (TPSA) is 112 Å². The maximum Gasteiger partial charge on any atom is 0.356 e. The fourth-order valence-corrected chi connectivity index (χ4v) is 3.18. The Labute approximate surface area is 149 Å². The first-order valence-electron chi connectivity index (χ1n) is 7.80. The number of methoxy groups -OCH3 is 4. The van der Waals surface area contributed by atoms with E-state index in [0.717, 1.165) is 0 Å². The molecule has 0 radical (unpaired) electrons. The lowest BCUT2D eigenvalue weighted by atomic mass is 9.84. The van der Waals surface area contributed by atoms with Gasteiger partial charge in [-0.05, 0) is 6.07 Å². The van der Waals surface area contributed by atoms with E-state index >= 15 is 0 Å². The summed E-state index contributed by atoms with van der Waals surface area (Å²) in [6.45, 7) is 0. The summed E-state index contributed by atoms with van der Waals surface area (Å²) in [6.07, 6.45) is 0.113. The number of carbonyl (C=O) groups is 2. The van der Waals surface area contributed by atoms with Crippen molar-refractivity contribution >= 4 is 17.7 Å². The largest absolute Gasteiger partial charge is 0.493 e. The Morgan fingerprint density at radius 1 is 1.12 bits per heavy atom. The number of fused-ring (bicyclic) bond motifs is 1. The minimum Gasteiger partial charge on any atom is -0.493 e. The molecule has 2 aromatic rings. The molecule has 1 aliphatic rings. The predicted octanol–water partition coefficient (Wildman–Crippen LogP) is 1.70. The van der Waals surface area contributed by atoms with Crippen molar-refractivity contribution in [3.8, 4) is 17.2 Å². The summed E-state index contributed by atoms with van der Waals surface area (Å²) in [4.78, 5) is 24.3. The van der Waals surface area contributed by atoms with Gasteiger partial charge in [0.1, 0.15) is 5.69 Å². The van der Waals surface area contributed by atoms with E-state index in [1.165, 1.54) is 28.4 Å². The Morgan fingerprint density at radius 3 is 2.46 bits per heavy atom. The second kappa shape index (κ2) is 6.95. The summed E-state index contributed by atoms with van der Waals surface area (Å²) in [7, 11) is 5.81. The summed E-state index contributed by atoms with van der Waals surface area (Å²) in [5.74, 6) is 0.359. The number of amides is 1. The Balaban J connectivity index is 2.21. The highest BCUT2D eigenvalue weighted by Gasteiger charge is 2.36. The molecule has 138 valence electrons. The van der Waals surface area contributed by atoms with Crippen LogP contribution in [-0.2, 0) is 9.53 Å². The van der Waals surface area contributed by atoms with Crippen molar-refractivity contribution in [3.63, 3.8) is 0 Å². The van der Waals surface area contributed by atoms with Crippen LogP contribution in [0.5, 0.6) is 17.2 Å². The molecule has 0 saturated heterocycles.